The summed E-state index contributed by atoms with van der Waals surface area (Å²) in [6.45, 7) is 3.59. The van der Waals surface area contributed by atoms with Crippen LogP contribution in [0, 0.1) is 0 Å². The fourth-order valence-corrected chi connectivity index (χ4v) is 1.17. The molecule has 0 aliphatic heterocycles. The normalized spacial score (nSPS) is 23.4. The Morgan fingerprint density at radius 2 is 1.10 bits per heavy atom. The highest BCUT2D eigenvalue weighted by atomic mass is 79.9. The number of alkyl halides is 2. The molecule has 0 rings (SSSR count). The number of hydrogen-bond donors (Lipinski definition) is 2. The predicted octanol–water partition coefficient (Wildman–Crippen LogP) is 1.27. The van der Waals surface area contributed by atoms with E-state index in [-0.39, 0.29) is 9.65 Å². The lowest BCUT2D eigenvalue weighted by atomic mass is 10.1. The van der Waals surface area contributed by atoms with E-state index in [9.17, 15) is 10.2 Å². The van der Waals surface area contributed by atoms with E-state index < -0.39 is 12.2 Å². The molecule has 10 heavy (non-hydrogen) atoms. The topological polar surface area (TPSA) is 40.5 Å². The first-order chi connectivity index (χ1) is 4.46. The maximum Gasteiger partial charge on any atom is 0.0931 e. The Kier molecular flexibility index (Phi) is 5.11. The van der Waals surface area contributed by atoms with E-state index in [1.165, 1.54) is 0 Å². The standard InChI is InChI=1S/C6H12Br2O2/c1-3(7)5(9)6(10)4(2)8/h3-6,9-10H,1-2H3. The Labute approximate surface area is 77.9 Å². The van der Waals surface area contributed by atoms with Crippen LogP contribution in [0.3, 0.4) is 0 Å². The smallest absolute Gasteiger partial charge is 0.0931 e. The van der Waals surface area contributed by atoms with E-state index >= 15 is 0 Å². The Morgan fingerprint density at radius 1 is 0.900 bits per heavy atom. The van der Waals surface area contributed by atoms with Crippen molar-refractivity contribution in [2.45, 2.75) is 35.7 Å². The summed E-state index contributed by atoms with van der Waals surface area (Å²) in [5, 5.41) is 18.5. The molecule has 0 saturated carbocycles. The Bertz CT molecular complexity index is 83.7. The maximum atomic E-state index is 9.24. The van der Waals surface area contributed by atoms with Gasteiger partial charge in [-0.3, -0.25) is 0 Å². The second-order valence-electron chi connectivity index (χ2n) is 2.34. The molecule has 0 aromatic rings. The Balaban J connectivity index is 3.81. The van der Waals surface area contributed by atoms with E-state index in [2.05, 4.69) is 31.9 Å². The summed E-state index contributed by atoms with van der Waals surface area (Å²) in [7, 11) is 0. The minimum atomic E-state index is -0.714. The molecule has 0 heterocycles. The van der Waals surface area contributed by atoms with Gasteiger partial charge in [0.05, 0.1) is 12.2 Å². The minimum absolute atomic E-state index is 0.0810. The SMILES string of the molecule is CC(Br)C(O)C(O)C(C)Br. The first-order valence-corrected chi connectivity index (χ1v) is 4.94. The average molecular weight is 276 g/mol. The molecule has 4 atom stereocenters. The van der Waals surface area contributed by atoms with Crippen LogP contribution < -0.4 is 0 Å². The molecule has 0 aromatic heterocycles. The van der Waals surface area contributed by atoms with Crippen molar-refractivity contribution in [2.24, 2.45) is 0 Å². The van der Waals surface area contributed by atoms with Gasteiger partial charge in [0.15, 0.2) is 0 Å². The van der Waals surface area contributed by atoms with E-state index in [0.29, 0.717) is 0 Å². The first-order valence-electron chi connectivity index (χ1n) is 3.11. The molecule has 0 bridgehead atoms. The van der Waals surface area contributed by atoms with Crippen molar-refractivity contribution in [1.82, 2.24) is 0 Å². The number of halogens is 2. The van der Waals surface area contributed by atoms with Crippen LogP contribution in [0.4, 0.5) is 0 Å². The lowest BCUT2D eigenvalue weighted by molar-refractivity contribution is 0.0248. The highest BCUT2D eigenvalue weighted by molar-refractivity contribution is 9.09. The van der Waals surface area contributed by atoms with Crippen LogP contribution in [-0.4, -0.2) is 32.1 Å². The van der Waals surface area contributed by atoms with Gasteiger partial charge in [0, 0.05) is 9.65 Å². The summed E-state index contributed by atoms with van der Waals surface area (Å²) in [5.41, 5.74) is 0. The van der Waals surface area contributed by atoms with Crippen LogP contribution in [0.25, 0.3) is 0 Å². The zero-order chi connectivity index (χ0) is 8.31. The number of hydrogen-bond acceptors (Lipinski definition) is 2. The van der Waals surface area contributed by atoms with Crippen molar-refractivity contribution in [2.75, 3.05) is 0 Å². The van der Waals surface area contributed by atoms with Crippen molar-refractivity contribution < 1.29 is 10.2 Å². The van der Waals surface area contributed by atoms with Crippen LogP contribution in [0.2, 0.25) is 0 Å². The molecule has 0 aromatic carbocycles. The number of aliphatic hydroxyl groups is 2. The summed E-state index contributed by atoms with van der Waals surface area (Å²) >= 11 is 6.36. The van der Waals surface area contributed by atoms with Crippen molar-refractivity contribution in [3.63, 3.8) is 0 Å². The van der Waals surface area contributed by atoms with Gasteiger partial charge < -0.3 is 10.2 Å². The summed E-state index contributed by atoms with van der Waals surface area (Å²) < 4.78 is 0. The first kappa shape index (κ1) is 10.9. The Morgan fingerprint density at radius 3 is 1.20 bits per heavy atom. The van der Waals surface area contributed by atoms with Gasteiger partial charge in [0.2, 0.25) is 0 Å². The van der Waals surface area contributed by atoms with E-state index in [0.717, 1.165) is 0 Å². The molecule has 0 radical (unpaired) electrons. The van der Waals surface area contributed by atoms with Gasteiger partial charge in [-0.25, -0.2) is 0 Å². The lowest BCUT2D eigenvalue weighted by Crippen LogP contribution is -2.37. The summed E-state index contributed by atoms with van der Waals surface area (Å²) in [6, 6.07) is 0. The van der Waals surface area contributed by atoms with Gasteiger partial charge in [-0.15, -0.1) is 0 Å². The number of rotatable bonds is 3. The van der Waals surface area contributed by atoms with Crippen molar-refractivity contribution in [3.8, 4) is 0 Å². The fourth-order valence-electron chi connectivity index (χ4n) is 0.543. The molecule has 0 fully saturated rings. The summed E-state index contributed by atoms with van der Waals surface area (Å²) in [5.74, 6) is 0. The van der Waals surface area contributed by atoms with Crippen LogP contribution >= 0.6 is 31.9 Å². The third kappa shape index (κ3) is 3.32. The van der Waals surface area contributed by atoms with Gasteiger partial charge >= 0.3 is 0 Å². The van der Waals surface area contributed by atoms with Crippen molar-refractivity contribution in [3.05, 3.63) is 0 Å². The molecule has 0 spiro atoms. The zero-order valence-electron chi connectivity index (χ0n) is 5.96. The molecule has 0 aliphatic carbocycles. The highest BCUT2D eigenvalue weighted by Gasteiger charge is 2.24. The molecule has 0 amide bonds. The van der Waals surface area contributed by atoms with E-state index in [1.54, 1.807) is 13.8 Å². The largest absolute Gasteiger partial charge is 0.389 e. The predicted molar refractivity (Wildman–Crippen MR) is 48.8 cm³/mol. The molecule has 2 N–H and O–H groups in total. The van der Waals surface area contributed by atoms with Crippen molar-refractivity contribution >= 4 is 31.9 Å². The van der Waals surface area contributed by atoms with Gasteiger partial charge in [-0.1, -0.05) is 45.7 Å². The van der Waals surface area contributed by atoms with Gasteiger partial charge in [-0.2, -0.15) is 0 Å². The van der Waals surface area contributed by atoms with Gasteiger partial charge in [-0.05, 0) is 0 Å². The molecule has 2 nitrogen and oxygen atoms in total. The van der Waals surface area contributed by atoms with E-state index in [4.69, 9.17) is 0 Å². The van der Waals surface area contributed by atoms with Gasteiger partial charge in [0.25, 0.3) is 0 Å². The van der Waals surface area contributed by atoms with Crippen molar-refractivity contribution in [1.29, 1.82) is 0 Å². The van der Waals surface area contributed by atoms with Crippen LogP contribution in [0.15, 0.2) is 0 Å². The average Bonchev–Trinajstić information content (AvgIpc) is 1.84. The van der Waals surface area contributed by atoms with E-state index in [1.807, 2.05) is 0 Å². The monoisotopic (exact) mass is 274 g/mol. The molecule has 4 heteroatoms. The van der Waals surface area contributed by atoms with Crippen LogP contribution in [-0.2, 0) is 0 Å². The molecule has 62 valence electrons. The summed E-state index contributed by atoms with van der Waals surface area (Å²) in [6.07, 6.45) is -1.43. The third-order valence-electron chi connectivity index (χ3n) is 1.29. The number of aliphatic hydroxyl groups excluding tert-OH is 2. The highest BCUT2D eigenvalue weighted by Crippen LogP contribution is 2.15. The zero-order valence-corrected chi connectivity index (χ0v) is 9.13. The Hall–Kier alpha value is 0.880. The maximum absolute atomic E-state index is 9.24. The quantitative estimate of drug-likeness (QED) is 0.762. The molecular formula is C6H12Br2O2. The second kappa shape index (κ2) is 4.70. The lowest BCUT2D eigenvalue weighted by Gasteiger charge is -2.21. The summed E-state index contributed by atoms with van der Waals surface area (Å²) in [4.78, 5) is -0.162. The van der Waals surface area contributed by atoms with Crippen LogP contribution in [0.1, 0.15) is 13.8 Å². The molecule has 0 saturated heterocycles. The third-order valence-corrected chi connectivity index (χ3v) is 2.37. The molecular weight excluding hydrogens is 264 g/mol. The molecule has 0 aliphatic rings. The van der Waals surface area contributed by atoms with Gasteiger partial charge in [0.1, 0.15) is 0 Å². The minimum Gasteiger partial charge on any atom is -0.389 e. The fraction of sp³-hybridized carbons (Fsp3) is 1.00. The van der Waals surface area contributed by atoms with Crippen LogP contribution in [0.5, 0.6) is 0 Å². The molecule has 4 unspecified atom stereocenters. The second-order valence-corrected chi connectivity index (χ2v) is 5.22.